The van der Waals surface area contributed by atoms with Gasteiger partial charge in [0.2, 0.25) is 5.91 Å². The highest BCUT2D eigenvalue weighted by Gasteiger charge is 2.29. The van der Waals surface area contributed by atoms with Crippen molar-refractivity contribution in [3.8, 4) is 0 Å². The highest BCUT2D eigenvalue weighted by Crippen LogP contribution is 2.27. The summed E-state index contributed by atoms with van der Waals surface area (Å²) in [6.07, 6.45) is 0.203. The van der Waals surface area contributed by atoms with Gasteiger partial charge in [0.1, 0.15) is 6.10 Å². The molecule has 1 aliphatic heterocycles. The highest BCUT2D eigenvalue weighted by atomic mass is 35.5. The lowest BCUT2D eigenvalue weighted by Crippen LogP contribution is -2.52. The van der Waals surface area contributed by atoms with Crippen molar-refractivity contribution < 1.29 is 18.3 Å². The highest BCUT2D eigenvalue weighted by molar-refractivity contribution is 5.85. The van der Waals surface area contributed by atoms with Crippen LogP contribution in [0.4, 0.5) is 8.78 Å². The average Bonchev–Trinajstić information content (AvgIpc) is 2.49. The average molecular weight is 335 g/mol. The van der Waals surface area contributed by atoms with Crippen molar-refractivity contribution in [2.75, 3.05) is 20.2 Å². The van der Waals surface area contributed by atoms with E-state index < -0.39 is 17.7 Å². The topological polar surface area (TPSA) is 50.4 Å². The molecule has 0 aliphatic carbocycles. The van der Waals surface area contributed by atoms with Gasteiger partial charge in [-0.25, -0.2) is 8.78 Å². The number of amides is 1. The molecule has 1 amide bonds. The third kappa shape index (κ3) is 4.38. The molecule has 0 radical (unpaired) electrons. The van der Waals surface area contributed by atoms with E-state index >= 15 is 0 Å². The van der Waals surface area contributed by atoms with Gasteiger partial charge in [0.25, 0.3) is 0 Å². The molecule has 1 aromatic carbocycles. The molecule has 1 aliphatic rings. The maximum atomic E-state index is 13.4. The van der Waals surface area contributed by atoms with Crippen LogP contribution in [-0.4, -0.2) is 38.3 Å². The summed E-state index contributed by atoms with van der Waals surface area (Å²) in [6, 6.07) is 3.75. The van der Waals surface area contributed by atoms with Crippen LogP contribution in [0.25, 0.3) is 0 Å². The van der Waals surface area contributed by atoms with Crippen LogP contribution in [-0.2, 0) is 9.53 Å². The standard InChI is InChI=1S/C15H20F2N2O2.ClH/c1-9(21-2)15(20)19-14-8-18-6-5-11(14)10-3-4-12(16)13(17)7-10;/h3-4,7,9,11,14,18H,5-6,8H2,1-2H3,(H,19,20);1H. The van der Waals surface area contributed by atoms with Gasteiger partial charge in [0.05, 0.1) is 0 Å². The number of hydrogen-bond donors (Lipinski definition) is 2. The molecule has 1 heterocycles. The van der Waals surface area contributed by atoms with E-state index in [1.807, 2.05) is 0 Å². The molecule has 2 N–H and O–H groups in total. The smallest absolute Gasteiger partial charge is 0.249 e. The van der Waals surface area contributed by atoms with Crippen molar-refractivity contribution in [2.24, 2.45) is 0 Å². The summed E-state index contributed by atoms with van der Waals surface area (Å²) in [5, 5.41) is 6.11. The van der Waals surface area contributed by atoms with Crippen molar-refractivity contribution >= 4 is 18.3 Å². The number of methoxy groups -OCH3 is 1. The largest absolute Gasteiger partial charge is 0.372 e. The lowest BCUT2D eigenvalue weighted by Gasteiger charge is -2.33. The third-order valence-corrected chi connectivity index (χ3v) is 3.90. The lowest BCUT2D eigenvalue weighted by molar-refractivity contribution is -0.131. The van der Waals surface area contributed by atoms with Crippen LogP contribution in [0.5, 0.6) is 0 Å². The predicted octanol–water partition coefficient (Wildman–Crippen LogP) is 1.98. The van der Waals surface area contributed by atoms with Gasteiger partial charge in [-0.1, -0.05) is 6.07 Å². The Bertz CT molecular complexity index is 516. The van der Waals surface area contributed by atoms with E-state index in [4.69, 9.17) is 4.74 Å². The third-order valence-electron chi connectivity index (χ3n) is 3.90. The van der Waals surface area contributed by atoms with Gasteiger partial charge in [-0.3, -0.25) is 4.79 Å². The van der Waals surface area contributed by atoms with Crippen LogP contribution in [0, 0.1) is 11.6 Å². The van der Waals surface area contributed by atoms with E-state index in [1.54, 1.807) is 13.0 Å². The van der Waals surface area contributed by atoms with Crippen LogP contribution < -0.4 is 10.6 Å². The maximum Gasteiger partial charge on any atom is 0.249 e. The van der Waals surface area contributed by atoms with E-state index in [0.29, 0.717) is 12.1 Å². The molecule has 3 unspecified atom stereocenters. The number of hydrogen-bond acceptors (Lipinski definition) is 3. The second kappa shape index (κ2) is 8.41. The minimum atomic E-state index is -0.860. The zero-order valence-corrected chi connectivity index (χ0v) is 13.4. The molecule has 0 saturated carbocycles. The van der Waals surface area contributed by atoms with Gasteiger partial charge in [0.15, 0.2) is 11.6 Å². The minimum absolute atomic E-state index is 0. The summed E-state index contributed by atoms with van der Waals surface area (Å²) in [4.78, 5) is 11.9. The first-order valence-corrected chi connectivity index (χ1v) is 7.01. The van der Waals surface area contributed by atoms with E-state index in [1.165, 1.54) is 13.2 Å². The molecule has 124 valence electrons. The predicted molar refractivity (Wildman–Crippen MR) is 82.2 cm³/mol. The maximum absolute atomic E-state index is 13.4. The van der Waals surface area contributed by atoms with Gasteiger partial charge in [-0.05, 0) is 37.6 Å². The lowest BCUT2D eigenvalue weighted by atomic mass is 9.86. The van der Waals surface area contributed by atoms with E-state index in [0.717, 1.165) is 19.0 Å². The van der Waals surface area contributed by atoms with E-state index in [-0.39, 0.29) is 30.3 Å². The molecule has 22 heavy (non-hydrogen) atoms. The fourth-order valence-electron chi connectivity index (χ4n) is 2.56. The van der Waals surface area contributed by atoms with Crippen LogP contribution in [0.3, 0.4) is 0 Å². The molecule has 3 atom stereocenters. The molecule has 1 fully saturated rings. The fraction of sp³-hybridized carbons (Fsp3) is 0.533. The van der Waals surface area contributed by atoms with Crippen molar-refractivity contribution in [3.05, 3.63) is 35.4 Å². The summed E-state index contributed by atoms with van der Waals surface area (Å²) in [5.74, 6) is -1.98. The number of halogens is 3. The van der Waals surface area contributed by atoms with Gasteiger partial charge in [-0.15, -0.1) is 12.4 Å². The van der Waals surface area contributed by atoms with Crippen molar-refractivity contribution in [1.82, 2.24) is 10.6 Å². The molecular weight excluding hydrogens is 314 g/mol. The van der Waals surface area contributed by atoms with Gasteiger partial charge in [-0.2, -0.15) is 0 Å². The van der Waals surface area contributed by atoms with Crippen molar-refractivity contribution in [3.63, 3.8) is 0 Å². The number of ether oxygens (including phenoxy) is 1. The number of carbonyl (C=O) groups excluding carboxylic acids is 1. The first-order chi connectivity index (χ1) is 10.0. The Balaban J connectivity index is 0.00000242. The van der Waals surface area contributed by atoms with Crippen molar-refractivity contribution in [1.29, 1.82) is 0 Å². The number of benzene rings is 1. The van der Waals surface area contributed by atoms with Gasteiger partial charge in [0, 0.05) is 25.6 Å². The van der Waals surface area contributed by atoms with Crippen LogP contribution >= 0.6 is 12.4 Å². The first-order valence-electron chi connectivity index (χ1n) is 7.01. The zero-order valence-electron chi connectivity index (χ0n) is 12.6. The van der Waals surface area contributed by atoms with Crippen LogP contribution in [0.15, 0.2) is 18.2 Å². The Labute approximate surface area is 135 Å². The van der Waals surface area contributed by atoms with Gasteiger partial charge >= 0.3 is 0 Å². The fourth-order valence-corrected chi connectivity index (χ4v) is 2.56. The molecule has 2 rings (SSSR count). The molecular formula is C15H21ClF2N2O2. The second-order valence-corrected chi connectivity index (χ2v) is 5.27. The molecule has 1 aromatic rings. The Morgan fingerprint density at radius 3 is 2.77 bits per heavy atom. The molecule has 0 bridgehead atoms. The Kier molecular flexibility index (Phi) is 7.19. The van der Waals surface area contributed by atoms with Crippen LogP contribution in [0.1, 0.15) is 24.8 Å². The second-order valence-electron chi connectivity index (χ2n) is 5.27. The molecule has 0 spiro atoms. The summed E-state index contributed by atoms with van der Waals surface area (Å²) in [7, 11) is 1.47. The summed E-state index contributed by atoms with van der Waals surface area (Å²) in [6.45, 7) is 3.03. The molecule has 7 heteroatoms. The minimum Gasteiger partial charge on any atom is -0.372 e. The summed E-state index contributed by atoms with van der Waals surface area (Å²) >= 11 is 0. The quantitative estimate of drug-likeness (QED) is 0.885. The van der Waals surface area contributed by atoms with Crippen molar-refractivity contribution in [2.45, 2.75) is 31.4 Å². The molecule has 0 aromatic heterocycles. The Hall–Kier alpha value is -1.24. The van der Waals surface area contributed by atoms with E-state index in [9.17, 15) is 13.6 Å². The first kappa shape index (κ1) is 18.8. The molecule has 4 nitrogen and oxygen atoms in total. The molecule has 1 saturated heterocycles. The summed E-state index contributed by atoms with van der Waals surface area (Å²) < 4.78 is 31.4. The monoisotopic (exact) mass is 334 g/mol. The number of nitrogens with one attached hydrogen (secondary N) is 2. The number of rotatable bonds is 4. The zero-order chi connectivity index (χ0) is 15.4. The summed E-state index contributed by atoms with van der Waals surface area (Å²) in [5.41, 5.74) is 0.700. The Morgan fingerprint density at radius 2 is 2.14 bits per heavy atom. The van der Waals surface area contributed by atoms with E-state index in [2.05, 4.69) is 10.6 Å². The Morgan fingerprint density at radius 1 is 1.41 bits per heavy atom. The van der Waals surface area contributed by atoms with Gasteiger partial charge < -0.3 is 15.4 Å². The number of piperidine rings is 1. The SMILES string of the molecule is COC(C)C(=O)NC1CNCCC1c1ccc(F)c(F)c1.Cl. The number of carbonyl (C=O) groups is 1. The normalized spacial score (nSPS) is 22.5. The van der Waals surface area contributed by atoms with Crippen LogP contribution in [0.2, 0.25) is 0 Å².